The van der Waals surface area contributed by atoms with Gasteiger partial charge in [-0.25, -0.2) is 4.98 Å². The van der Waals surface area contributed by atoms with E-state index in [0.717, 1.165) is 24.5 Å². The average molecular weight is 398 g/mol. The van der Waals surface area contributed by atoms with Crippen molar-refractivity contribution in [2.75, 3.05) is 31.1 Å². The van der Waals surface area contributed by atoms with Crippen molar-refractivity contribution in [3.63, 3.8) is 0 Å². The smallest absolute Gasteiger partial charge is 0.227 e. The quantitative estimate of drug-likeness (QED) is 0.658. The summed E-state index contributed by atoms with van der Waals surface area (Å²) < 4.78 is 5.28. The summed E-state index contributed by atoms with van der Waals surface area (Å²) >= 11 is 6.00. The van der Waals surface area contributed by atoms with Gasteiger partial charge in [0, 0.05) is 55.8 Å². The van der Waals surface area contributed by atoms with E-state index in [1.54, 1.807) is 18.3 Å². The van der Waals surface area contributed by atoms with Crippen LogP contribution in [0.4, 0.5) is 5.82 Å². The Hall–Kier alpha value is -2.93. The molecule has 1 aromatic carbocycles. The molecule has 1 fully saturated rings. The van der Waals surface area contributed by atoms with Gasteiger partial charge in [-0.15, -0.1) is 0 Å². The Kier molecular flexibility index (Phi) is 5.53. The molecule has 1 saturated heterocycles. The number of benzene rings is 1. The Bertz CT molecular complexity index is 939. The molecular weight excluding hydrogens is 378 g/mol. The van der Waals surface area contributed by atoms with E-state index < -0.39 is 0 Å². The van der Waals surface area contributed by atoms with Crippen LogP contribution >= 0.6 is 11.6 Å². The fourth-order valence-electron chi connectivity index (χ4n) is 3.20. The summed E-state index contributed by atoms with van der Waals surface area (Å²) in [5, 5.41) is 4.59. The van der Waals surface area contributed by atoms with Gasteiger partial charge in [0.25, 0.3) is 0 Å². The van der Waals surface area contributed by atoms with E-state index in [-0.39, 0.29) is 5.91 Å². The summed E-state index contributed by atoms with van der Waals surface area (Å²) in [5.41, 5.74) is 0.791. The maximum absolute atomic E-state index is 12.5. The van der Waals surface area contributed by atoms with Crippen molar-refractivity contribution in [2.45, 2.75) is 12.8 Å². The zero-order chi connectivity index (χ0) is 19.3. The van der Waals surface area contributed by atoms with Gasteiger partial charge in [0.1, 0.15) is 5.82 Å². The second kappa shape index (κ2) is 8.39. The highest BCUT2D eigenvalue weighted by molar-refractivity contribution is 6.30. The predicted octanol–water partition coefficient (Wildman–Crippen LogP) is 3.07. The van der Waals surface area contributed by atoms with Crippen molar-refractivity contribution in [1.29, 1.82) is 0 Å². The summed E-state index contributed by atoms with van der Waals surface area (Å²) in [6.45, 7) is 2.93. The number of hydrogen-bond acceptors (Lipinski definition) is 6. The molecule has 0 aliphatic carbocycles. The summed E-state index contributed by atoms with van der Waals surface area (Å²) in [5.74, 6) is 1.99. The van der Waals surface area contributed by atoms with Crippen LogP contribution in [0.25, 0.3) is 11.4 Å². The van der Waals surface area contributed by atoms with Crippen molar-refractivity contribution in [1.82, 2.24) is 20.0 Å². The van der Waals surface area contributed by atoms with Crippen molar-refractivity contribution >= 4 is 23.3 Å². The Morgan fingerprint density at radius 3 is 2.71 bits per heavy atom. The number of pyridine rings is 1. The van der Waals surface area contributed by atoms with E-state index in [0.29, 0.717) is 42.7 Å². The Morgan fingerprint density at radius 2 is 1.96 bits per heavy atom. The Balaban J connectivity index is 1.28. The van der Waals surface area contributed by atoms with Gasteiger partial charge >= 0.3 is 0 Å². The zero-order valence-electron chi connectivity index (χ0n) is 15.3. The lowest BCUT2D eigenvalue weighted by molar-refractivity contribution is -0.131. The van der Waals surface area contributed by atoms with E-state index in [1.807, 2.05) is 35.2 Å². The zero-order valence-corrected chi connectivity index (χ0v) is 16.0. The third kappa shape index (κ3) is 4.31. The number of aromatic nitrogens is 3. The molecule has 0 N–H and O–H groups in total. The lowest BCUT2D eigenvalue weighted by Crippen LogP contribution is -2.49. The molecule has 144 valence electrons. The summed E-state index contributed by atoms with van der Waals surface area (Å²) in [6, 6.07) is 13.1. The molecule has 7 nitrogen and oxygen atoms in total. The highest BCUT2D eigenvalue weighted by atomic mass is 35.5. The number of nitrogens with zero attached hydrogens (tertiary/aromatic N) is 5. The lowest BCUT2D eigenvalue weighted by atomic mass is 10.2. The summed E-state index contributed by atoms with van der Waals surface area (Å²) in [4.78, 5) is 25.3. The molecule has 0 saturated carbocycles. The van der Waals surface area contributed by atoms with Crippen LogP contribution in [0.2, 0.25) is 5.02 Å². The first-order chi connectivity index (χ1) is 13.7. The maximum Gasteiger partial charge on any atom is 0.227 e. The van der Waals surface area contributed by atoms with E-state index >= 15 is 0 Å². The molecule has 1 amide bonds. The van der Waals surface area contributed by atoms with E-state index in [9.17, 15) is 4.79 Å². The first kappa shape index (κ1) is 18.4. The third-order valence-corrected chi connectivity index (χ3v) is 4.94. The first-order valence-corrected chi connectivity index (χ1v) is 9.59. The molecule has 8 heteroatoms. The Labute approximate surface area is 167 Å². The first-order valence-electron chi connectivity index (χ1n) is 9.21. The standard InChI is InChI=1S/C20H20ClN5O2/c21-16-5-3-4-15(14-16)20-23-18(28-24-20)7-8-19(27)26-12-10-25(11-13-26)17-6-1-2-9-22-17/h1-6,9,14H,7-8,10-13H2. The molecule has 0 atom stereocenters. The number of rotatable bonds is 5. The van der Waals surface area contributed by atoms with Crippen LogP contribution in [0.1, 0.15) is 12.3 Å². The van der Waals surface area contributed by atoms with Crippen molar-refractivity contribution in [3.8, 4) is 11.4 Å². The molecule has 2 aromatic heterocycles. The normalized spacial score (nSPS) is 14.3. The lowest BCUT2D eigenvalue weighted by Gasteiger charge is -2.35. The van der Waals surface area contributed by atoms with E-state index in [1.165, 1.54) is 0 Å². The monoisotopic (exact) mass is 397 g/mol. The van der Waals surface area contributed by atoms with E-state index in [2.05, 4.69) is 20.0 Å². The molecular formula is C20H20ClN5O2. The molecule has 0 unspecified atom stereocenters. The van der Waals surface area contributed by atoms with Crippen molar-refractivity contribution in [3.05, 3.63) is 59.6 Å². The number of amides is 1. The van der Waals surface area contributed by atoms with Gasteiger partial charge < -0.3 is 14.3 Å². The number of aryl methyl sites for hydroxylation is 1. The molecule has 3 aromatic rings. The van der Waals surface area contributed by atoms with E-state index in [4.69, 9.17) is 16.1 Å². The summed E-state index contributed by atoms with van der Waals surface area (Å²) in [6.07, 6.45) is 2.56. The van der Waals surface area contributed by atoms with Crippen LogP contribution < -0.4 is 4.90 Å². The van der Waals surface area contributed by atoms with Crippen molar-refractivity contribution < 1.29 is 9.32 Å². The number of halogens is 1. The number of carbonyl (C=O) groups excluding carboxylic acids is 1. The molecule has 1 aliphatic heterocycles. The average Bonchev–Trinajstić information content (AvgIpc) is 3.22. The van der Waals surface area contributed by atoms with Gasteiger partial charge in [-0.2, -0.15) is 4.98 Å². The minimum Gasteiger partial charge on any atom is -0.353 e. The van der Waals surface area contributed by atoms with Gasteiger partial charge in [-0.05, 0) is 24.3 Å². The molecule has 0 radical (unpaired) electrons. The second-order valence-corrected chi connectivity index (χ2v) is 7.01. The van der Waals surface area contributed by atoms with Crippen LogP contribution in [0.15, 0.2) is 53.2 Å². The fraction of sp³-hybridized carbons (Fsp3) is 0.300. The second-order valence-electron chi connectivity index (χ2n) is 6.58. The number of piperazine rings is 1. The van der Waals surface area contributed by atoms with Crippen LogP contribution in [0, 0.1) is 0 Å². The molecule has 0 spiro atoms. The Morgan fingerprint density at radius 1 is 1.11 bits per heavy atom. The van der Waals surface area contributed by atoms with Gasteiger partial charge in [-0.1, -0.05) is 35.0 Å². The fourth-order valence-corrected chi connectivity index (χ4v) is 3.39. The van der Waals surface area contributed by atoms with Crippen LogP contribution in [-0.2, 0) is 11.2 Å². The molecule has 1 aliphatic rings. The maximum atomic E-state index is 12.5. The largest absolute Gasteiger partial charge is 0.353 e. The molecule has 0 bridgehead atoms. The highest BCUT2D eigenvalue weighted by Crippen LogP contribution is 2.20. The number of hydrogen-bond donors (Lipinski definition) is 0. The SMILES string of the molecule is O=C(CCc1nc(-c2cccc(Cl)c2)no1)N1CCN(c2ccccn2)CC1. The van der Waals surface area contributed by atoms with Gasteiger partial charge in [0.05, 0.1) is 0 Å². The topological polar surface area (TPSA) is 75.4 Å². The van der Waals surface area contributed by atoms with Crippen LogP contribution in [0.5, 0.6) is 0 Å². The van der Waals surface area contributed by atoms with Gasteiger partial charge in [0.2, 0.25) is 17.6 Å². The number of carbonyl (C=O) groups is 1. The van der Waals surface area contributed by atoms with Gasteiger partial charge in [0.15, 0.2) is 0 Å². The van der Waals surface area contributed by atoms with Crippen molar-refractivity contribution in [2.24, 2.45) is 0 Å². The predicted molar refractivity (Wildman–Crippen MR) is 106 cm³/mol. The van der Waals surface area contributed by atoms with Crippen LogP contribution in [0.3, 0.4) is 0 Å². The molecule has 3 heterocycles. The van der Waals surface area contributed by atoms with Gasteiger partial charge in [-0.3, -0.25) is 4.79 Å². The minimum atomic E-state index is 0.100. The third-order valence-electron chi connectivity index (χ3n) is 4.71. The minimum absolute atomic E-state index is 0.100. The number of anilines is 1. The van der Waals surface area contributed by atoms with Crippen LogP contribution in [-0.4, -0.2) is 52.1 Å². The molecule has 28 heavy (non-hydrogen) atoms. The highest BCUT2D eigenvalue weighted by Gasteiger charge is 2.22. The molecule has 4 rings (SSSR count). The summed E-state index contributed by atoms with van der Waals surface area (Å²) in [7, 11) is 0.